The molecule has 1 amide bonds. The van der Waals surface area contributed by atoms with Gasteiger partial charge >= 0.3 is 5.97 Å². The lowest BCUT2D eigenvalue weighted by molar-refractivity contribution is -0.151. The number of esters is 1. The van der Waals surface area contributed by atoms with E-state index in [-0.39, 0.29) is 17.5 Å². The molecule has 0 aliphatic heterocycles. The number of hydrogen-bond acceptors (Lipinski definition) is 6. The van der Waals surface area contributed by atoms with Gasteiger partial charge in [-0.15, -0.1) is 0 Å². The second-order valence-corrected chi connectivity index (χ2v) is 7.62. The first-order valence-electron chi connectivity index (χ1n) is 10.9. The van der Waals surface area contributed by atoms with Gasteiger partial charge in [0, 0.05) is 18.3 Å². The molecular formula is C23H32ClF2N3O4. The Bertz CT molecular complexity index is 862. The van der Waals surface area contributed by atoms with E-state index in [0.717, 1.165) is 25.7 Å². The highest BCUT2D eigenvalue weighted by Gasteiger charge is 2.27. The molecule has 0 saturated carbocycles. The lowest BCUT2D eigenvalue weighted by atomic mass is 10.1. The van der Waals surface area contributed by atoms with E-state index in [2.05, 4.69) is 17.6 Å². The number of carbonyl (C=O) groups excluding carboxylic acids is 2. The van der Waals surface area contributed by atoms with Crippen molar-refractivity contribution in [3.8, 4) is 5.75 Å². The van der Waals surface area contributed by atoms with E-state index in [1.165, 1.54) is 7.05 Å². The predicted molar refractivity (Wildman–Crippen MR) is 125 cm³/mol. The molecule has 1 unspecified atom stereocenters. The minimum Gasteiger partial charge on any atom is -0.478 e. The molecule has 0 spiro atoms. The third kappa shape index (κ3) is 8.64. The van der Waals surface area contributed by atoms with Crippen molar-refractivity contribution in [1.82, 2.24) is 5.32 Å². The molecule has 7 nitrogen and oxygen atoms in total. The standard InChI is InChI=1S/C23H32ClF2N3O4/c1-5-7-8-9-12-17(23(31)32-6-2)33-16-13-10-11-15(14(16)3)29-22(30)18(20(24)28-4)19(27)21(25)26/h10-11,13,17,21,27-28H,5-9,12H2,1-4H3,(H,29,30)/b20-18+,27-19?. The van der Waals surface area contributed by atoms with Crippen LogP contribution >= 0.6 is 11.6 Å². The Labute approximate surface area is 198 Å². The molecule has 184 valence electrons. The van der Waals surface area contributed by atoms with Crippen molar-refractivity contribution in [3.63, 3.8) is 0 Å². The van der Waals surface area contributed by atoms with Crippen molar-refractivity contribution in [2.24, 2.45) is 0 Å². The summed E-state index contributed by atoms with van der Waals surface area (Å²) in [6.07, 6.45) is 0.346. The van der Waals surface area contributed by atoms with Gasteiger partial charge in [0.1, 0.15) is 22.2 Å². The number of ether oxygens (including phenoxy) is 2. The lowest BCUT2D eigenvalue weighted by Crippen LogP contribution is -2.30. The molecule has 33 heavy (non-hydrogen) atoms. The lowest BCUT2D eigenvalue weighted by Gasteiger charge is -2.20. The summed E-state index contributed by atoms with van der Waals surface area (Å²) in [5, 5.41) is 12.1. The Morgan fingerprint density at radius 3 is 2.45 bits per heavy atom. The highest BCUT2D eigenvalue weighted by molar-refractivity contribution is 6.38. The third-order valence-electron chi connectivity index (χ3n) is 4.82. The molecule has 10 heteroatoms. The van der Waals surface area contributed by atoms with Crippen LogP contribution in [-0.4, -0.2) is 43.8 Å². The van der Waals surface area contributed by atoms with E-state index in [1.807, 2.05) is 0 Å². The maximum atomic E-state index is 13.1. The summed E-state index contributed by atoms with van der Waals surface area (Å²) in [6, 6.07) is 4.79. The highest BCUT2D eigenvalue weighted by Crippen LogP contribution is 2.28. The fourth-order valence-electron chi connectivity index (χ4n) is 3.01. The molecular weight excluding hydrogens is 456 g/mol. The van der Waals surface area contributed by atoms with Gasteiger partial charge < -0.3 is 20.1 Å². The number of amides is 1. The molecule has 0 aliphatic carbocycles. The van der Waals surface area contributed by atoms with Gasteiger partial charge in [-0.05, 0) is 38.8 Å². The van der Waals surface area contributed by atoms with Crippen LogP contribution in [0.3, 0.4) is 0 Å². The monoisotopic (exact) mass is 487 g/mol. The van der Waals surface area contributed by atoms with E-state index in [1.54, 1.807) is 32.0 Å². The Balaban J connectivity index is 3.12. The second kappa shape index (κ2) is 14.5. The molecule has 1 rings (SSSR count). The van der Waals surface area contributed by atoms with E-state index >= 15 is 0 Å². The van der Waals surface area contributed by atoms with Gasteiger partial charge in [0.05, 0.1) is 6.61 Å². The van der Waals surface area contributed by atoms with Crippen LogP contribution in [0.5, 0.6) is 5.75 Å². The highest BCUT2D eigenvalue weighted by atomic mass is 35.5. The first kappa shape index (κ1) is 28.4. The Hall–Kier alpha value is -2.68. The van der Waals surface area contributed by atoms with Crippen LogP contribution in [0.15, 0.2) is 28.9 Å². The molecule has 0 radical (unpaired) electrons. The zero-order valence-electron chi connectivity index (χ0n) is 19.4. The smallest absolute Gasteiger partial charge is 0.347 e. The summed E-state index contributed by atoms with van der Waals surface area (Å²) in [7, 11) is 1.35. The van der Waals surface area contributed by atoms with E-state index < -0.39 is 35.7 Å². The zero-order chi connectivity index (χ0) is 25.0. The van der Waals surface area contributed by atoms with E-state index in [0.29, 0.717) is 17.7 Å². The van der Waals surface area contributed by atoms with Crippen molar-refractivity contribution >= 4 is 34.9 Å². The van der Waals surface area contributed by atoms with Crippen molar-refractivity contribution in [2.75, 3.05) is 19.0 Å². The van der Waals surface area contributed by atoms with Gasteiger partial charge in [-0.3, -0.25) is 10.2 Å². The number of alkyl halides is 2. The fraction of sp³-hybridized carbons (Fsp3) is 0.522. The molecule has 1 aromatic rings. The van der Waals surface area contributed by atoms with Gasteiger partial charge in [0.15, 0.2) is 6.10 Å². The summed E-state index contributed by atoms with van der Waals surface area (Å²) in [6.45, 7) is 5.69. The average Bonchev–Trinajstić information content (AvgIpc) is 2.78. The fourth-order valence-corrected chi connectivity index (χ4v) is 3.19. The first-order valence-corrected chi connectivity index (χ1v) is 11.2. The summed E-state index contributed by atoms with van der Waals surface area (Å²) in [5.74, 6) is -1.10. The molecule has 0 bridgehead atoms. The summed E-state index contributed by atoms with van der Waals surface area (Å²) in [5.41, 5.74) is -1.12. The van der Waals surface area contributed by atoms with Crippen molar-refractivity contribution in [2.45, 2.75) is 65.4 Å². The van der Waals surface area contributed by atoms with Crippen LogP contribution in [-0.2, 0) is 14.3 Å². The minimum absolute atomic E-state index is 0.222. The largest absolute Gasteiger partial charge is 0.478 e. The molecule has 1 atom stereocenters. The summed E-state index contributed by atoms with van der Waals surface area (Å²) in [4.78, 5) is 25.0. The number of carbonyl (C=O) groups is 2. The van der Waals surface area contributed by atoms with Gasteiger partial charge in [-0.1, -0.05) is 43.9 Å². The number of nitrogens with one attached hydrogen (secondary N) is 3. The second-order valence-electron chi connectivity index (χ2n) is 7.24. The van der Waals surface area contributed by atoms with Crippen LogP contribution in [0.2, 0.25) is 0 Å². The summed E-state index contributed by atoms with van der Waals surface area (Å²) >= 11 is 5.86. The summed E-state index contributed by atoms with van der Waals surface area (Å²) < 4.78 is 37.2. The first-order chi connectivity index (χ1) is 15.7. The number of benzene rings is 1. The van der Waals surface area contributed by atoms with Crippen molar-refractivity contribution in [1.29, 1.82) is 5.41 Å². The number of halogens is 3. The topological polar surface area (TPSA) is 101 Å². The van der Waals surface area contributed by atoms with Gasteiger partial charge in [-0.2, -0.15) is 0 Å². The quantitative estimate of drug-likeness (QED) is 0.110. The number of unbranched alkanes of at least 4 members (excludes halogenated alkanes) is 3. The minimum atomic E-state index is -3.18. The van der Waals surface area contributed by atoms with Crippen LogP contribution in [0.25, 0.3) is 0 Å². The zero-order valence-corrected chi connectivity index (χ0v) is 20.2. The van der Waals surface area contributed by atoms with Crippen LogP contribution in [0.1, 0.15) is 51.5 Å². The van der Waals surface area contributed by atoms with Gasteiger partial charge in [-0.25, -0.2) is 13.6 Å². The molecule has 3 N–H and O–H groups in total. The van der Waals surface area contributed by atoms with Crippen LogP contribution in [0, 0.1) is 12.3 Å². The van der Waals surface area contributed by atoms with E-state index in [4.69, 9.17) is 26.5 Å². The predicted octanol–water partition coefficient (Wildman–Crippen LogP) is 5.17. The Kier molecular flexibility index (Phi) is 12.4. The van der Waals surface area contributed by atoms with Crippen LogP contribution in [0.4, 0.5) is 14.5 Å². The van der Waals surface area contributed by atoms with Gasteiger partial charge in [0.2, 0.25) is 0 Å². The molecule has 0 aromatic heterocycles. The molecule has 0 heterocycles. The maximum Gasteiger partial charge on any atom is 0.347 e. The SMILES string of the molecule is CCCCCCC(Oc1cccc(NC(=O)/C(C(=N)C(F)F)=C(\Cl)NC)c1C)C(=O)OCC. The van der Waals surface area contributed by atoms with Crippen molar-refractivity contribution < 1.29 is 27.8 Å². The Morgan fingerprint density at radius 2 is 1.88 bits per heavy atom. The maximum absolute atomic E-state index is 13.1. The van der Waals surface area contributed by atoms with Crippen molar-refractivity contribution in [3.05, 3.63) is 34.5 Å². The molecule has 1 aromatic carbocycles. The normalized spacial score (nSPS) is 12.6. The average molecular weight is 488 g/mol. The number of hydrogen-bond donors (Lipinski definition) is 3. The molecule has 0 saturated heterocycles. The van der Waals surface area contributed by atoms with Crippen LogP contribution < -0.4 is 15.4 Å². The third-order valence-corrected chi connectivity index (χ3v) is 5.20. The van der Waals surface area contributed by atoms with E-state index in [9.17, 15) is 18.4 Å². The Morgan fingerprint density at radius 1 is 1.18 bits per heavy atom. The molecule has 0 aliphatic rings. The van der Waals surface area contributed by atoms with Gasteiger partial charge in [0.25, 0.3) is 12.3 Å². The molecule has 0 fully saturated rings. The number of rotatable bonds is 14. The number of anilines is 1.